The first-order valence-electron chi connectivity index (χ1n) is 8.62. The lowest BCUT2D eigenvalue weighted by Gasteiger charge is -2.27. The number of carbonyl (C=O) groups is 1. The lowest BCUT2D eigenvalue weighted by molar-refractivity contribution is -0.130. The molecule has 1 N–H and O–H groups in total. The van der Waals surface area contributed by atoms with Crippen LogP contribution in [0.15, 0.2) is 29.3 Å². The van der Waals surface area contributed by atoms with Gasteiger partial charge < -0.3 is 15.1 Å². The Morgan fingerprint density at radius 3 is 2.75 bits per heavy atom. The number of rotatable bonds is 5. The third-order valence-electron chi connectivity index (χ3n) is 4.08. The van der Waals surface area contributed by atoms with Crippen molar-refractivity contribution in [1.82, 2.24) is 15.1 Å². The molecule has 1 fully saturated rings. The predicted molar refractivity (Wildman–Crippen MR) is 99.3 cm³/mol. The van der Waals surface area contributed by atoms with E-state index in [0.717, 1.165) is 49.0 Å². The largest absolute Gasteiger partial charge is 0.357 e. The summed E-state index contributed by atoms with van der Waals surface area (Å²) in [6.45, 7) is 5.39. The van der Waals surface area contributed by atoms with Gasteiger partial charge in [-0.15, -0.1) is 0 Å². The minimum atomic E-state index is 0.112. The van der Waals surface area contributed by atoms with Gasteiger partial charge >= 0.3 is 0 Å². The number of guanidine groups is 1. The number of likely N-dealkylation sites (tertiary alicyclic amines) is 1. The van der Waals surface area contributed by atoms with Gasteiger partial charge in [-0.1, -0.05) is 23.7 Å². The number of piperidine rings is 1. The number of amides is 1. The molecule has 0 aliphatic carbocycles. The normalized spacial score (nSPS) is 15.3. The summed E-state index contributed by atoms with van der Waals surface area (Å²) in [7, 11) is 1.97. The van der Waals surface area contributed by atoms with Crippen molar-refractivity contribution >= 4 is 23.5 Å². The first-order valence-corrected chi connectivity index (χ1v) is 8.99. The van der Waals surface area contributed by atoms with E-state index < -0.39 is 0 Å². The van der Waals surface area contributed by atoms with Gasteiger partial charge in [0.1, 0.15) is 6.54 Å². The lowest BCUT2D eigenvalue weighted by Crippen LogP contribution is -2.41. The van der Waals surface area contributed by atoms with E-state index in [-0.39, 0.29) is 12.5 Å². The highest BCUT2D eigenvalue weighted by molar-refractivity contribution is 6.30. The molecule has 132 valence electrons. The van der Waals surface area contributed by atoms with Gasteiger partial charge in [-0.2, -0.15) is 0 Å². The number of aliphatic imine (C=N–C) groups is 1. The number of benzene rings is 1. The Morgan fingerprint density at radius 1 is 1.33 bits per heavy atom. The highest BCUT2D eigenvalue weighted by Gasteiger charge is 2.16. The number of nitrogens with zero attached hydrogens (tertiary/aromatic N) is 3. The van der Waals surface area contributed by atoms with E-state index in [0.29, 0.717) is 6.54 Å². The van der Waals surface area contributed by atoms with Crippen LogP contribution < -0.4 is 5.32 Å². The second-order valence-electron chi connectivity index (χ2n) is 6.10. The van der Waals surface area contributed by atoms with Crippen LogP contribution in [0.1, 0.15) is 31.7 Å². The maximum Gasteiger partial charge on any atom is 0.244 e. The van der Waals surface area contributed by atoms with Crippen LogP contribution in [0.2, 0.25) is 5.02 Å². The Labute approximate surface area is 149 Å². The first kappa shape index (κ1) is 18.6. The molecule has 0 bridgehead atoms. The summed E-state index contributed by atoms with van der Waals surface area (Å²) in [5.74, 6) is 0.851. The Bertz CT molecular complexity index is 570. The average molecular weight is 351 g/mol. The Balaban J connectivity index is 1.97. The maximum absolute atomic E-state index is 12.3. The van der Waals surface area contributed by atoms with Crippen molar-refractivity contribution in [3.05, 3.63) is 34.9 Å². The van der Waals surface area contributed by atoms with Gasteiger partial charge in [0.2, 0.25) is 5.91 Å². The topological polar surface area (TPSA) is 47.9 Å². The summed E-state index contributed by atoms with van der Waals surface area (Å²) < 4.78 is 0. The monoisotopic (exact) mass is 350 g/mol. The average Bonchev–Trinajstić information content (AvgIpc) is 2.59. The molecule has 1 saturated heterocycles. The van der Waals surface area contributed by atoms with E-state index >= 15 is 0 Å². The molecule has 1 aliphatic rings. The molecule has 24 heavy (non-hydrogen) atoms. The van der Waals surface area contributed by atoms with Crippen molar-refractivity contribution in [2.24, 2.45) is 4.99 Å². The summed E-state index contributed by atoms with van der Waals surface area (Å²) in [6, 6.07) is 7.78. The van der Waals surface area contributed by atoms with Crippen LogP contribution in [0.5, 0.6) is 0 Å². The van der Waals surface area contributed by atoms with Crippen molar-refractivity contribution in [3.63, 3.8) is 0 Å². The zero-order chi connectivity index (χ0) is 17.4. The molecule has 1 aliphatic heterocycles. The van der Waals surface area contributed by atoms with Gasteiger partial charge in [-0.3, -0.25) is 4.79 Å². The Morgan fingerprint density at radius 2 is 2.08 bits per heavy atom. The van der Waals surface area contributed by atoms with Crippen molar-refractivity contribution < 1.29 is 4.79 Å². The molecular weight excluding hydrogens is 324 g/mol. The van der Waals surface area contributed by atoms with Gasteiger partial charge in [0.05, 0.1) is 0 Å². The Hall–Kier alpha value is -1.75. The number of hydrogen-bond donors (Lipinski definition) is 1. The maximum atomic E-state index is 12.3. The second kappa shape index (κ2) is 9.52. The highest BCUT2D eigenvalue weighted by atomic mass is 35.5. The van der Waals surface area contributed by atoms with Crippen molar-refractivity contribution in [3.8, 4) is 0 Å². The number of hydrogen-bond acceptors (Lipinski definition) is 2. The van der Waals surface area contributed by atoms with Crippen LogP contribution in [0.25, 0.3) is 0 Å². The van der Waals surface area contributed by atoms with Gasteiger partial charge in [0, 0.05) is 38.2 Å². The van der Waals surface area contributed by atoms with Crippen molar-refractivity contribution in [2.45, 2.75) is 32.7 Å². The number of halogens is 1. The molecule has 0 aromatic heterocycles. The van der Waals surface area contributed by atoms with Crippen LogP contribution in [-0.4, -0.2) is 54.9 Å². The van der Waals surface area contributed by atoms with Crippen LogP contribution >= 0.6 is 11.6 Å². The fraction of sp³-hybridized carbons (Fsp3) is 0.556. The zero-order valence-electron chi connectivity index (χ0n) is 14.6. The van der Waals surface area contributed by atoms with Gasteiger partial charge in [0.25, 0.3) is 0 Å². The Kier molecular flexibility index (Phi) is 7.37. The standard InChI is InChI=1S/C18H27ClN4O/c1-3-20-18(21-13-17(24)23-10-5-4-6-11-23)22(2)14-15-8-7-9-16(19)12-15/h7-9,12H,3-6,10-11,13-14H2,1-2H3,(H,20,21). The van der Waals surface area contributed by atoms with Crippen LogP contribution in [-0.2, 0) is 11.3 Å². The molecule has 1 heterocycles. The minimum absolute atomic E-state index is 0.112. The van der Waals surface area contributed by atoms with Gasteiger partial charge in [-0.05, 0) is 43.9 Å². The molecule has 0 unspecified atom stereocenters. The van der Waals surface area contributed by atoms with E-state index in [1.165, 1.54) is 6.42 Å². The minimum Gasteiger partial charge on any atom is -0.357 e. The molecule has 1 aromatic rings. The molecule has 0 radical (unpaired) electrons. The molecular formula is C18H27ClN4O. The number of carbonyl (C=O) groups excluding carboxylic acids is 1. The van der Waals surface area contributed by atoms with Crippen molar-refractivity contribution in [2.75, 3.05) is 33.2 Å². The summed E-state index contributed by atoms with van der Waals surface area (Å²) in [5.41, 5.74) is 1.11. The summed E-state index contributed by atoms with van der Waals surface area (Å²) in [6.07, 6.45) is 3.42. The summed E-state index contributed by atoms with van der Waals surface area (Å²) in [4.78, 5) is 20.7. The molecule has 1 amide bonds. The fourth-order valence-corrected chi connectivity index (χ4v) is 3.05. The second-order valence-corrected chi connectivity index (χ2v) is 6.53. The first-order chi connectivity index (χ1) is 11.6. The van der Waals surface area contributed by atoms with Crippen molar-refractivity contribution in [1.29, 1.82) is 0 Å². The van der Waals surface area contributed by atoms with Gasteiger partial charge in [0.15, 0.2) is 5.96 Å². The van der Waals surface area contributed by atoms with E-state index in [9.17, 15) is 4.79 Å². The van der Waals surface area contributed by atoms with Crippen LogP contribution in [0, 0.1) is 0 Å². The van der Waals surface area contributed by atoms with E-state index in [2.05, 4.69) is 10.3 Å². The predicted octanol–water partition coefficient (Wildman–Crippen LogP) is 2.75. The zero-order valence-corrected chi connectivity index (χ0v) is 15.4. The molecule has 1 aromatic carbocycles. The lowest BCUT2D eigenvalue weighted by atomic mass is 10.1. The van der Waals surface area contributed by atoms with Crippen LogP contribution in [0.4, 0.5) is 0 Å². The van der Waals surface area contributed by atoms with E-state index in [1.54, 1.807) is 0 Å². The fourth-order valence-electron chi connectivity index (χ4n) is 2.84. The molecule has 5 nitrogen and oxygen atoms in total. The number of nitrogens with one attached hydrogen (secondary N) is 1. The third kappa shape index (κ3) is 5.71. The van der Waals surface area contributed by atoms with Gasteiger partial charge in [-0.25, -0.2) is 4.99 Å². The SMILES string of the molecule is CCNC(=NCC(=O)N1CCCCC1)N(C)Cc1cccc(Cl)c1. The molecule has 0 spiro atoms. The summed E-state index contributed by atoms with van der Waals surface area (Å²) >= 11 is 6.04. The smallest absolute Gasteiger partial charge is 0.244 e. The van der Waals surface area contributed by atoms with E-state index in [4.69, 9.17) is 11.6 Å². The highest BCUT2D eigenvalue weighted by Crippen LogP contribution is 2.12. The molecule has 6 heteroatoms. The summed E-state index contributed by atoms with van der Waals surface area (Å²) in [5, 5.41) is 3.97. The quantitative estimate of drug-likeness (QED) is 0.656. The van der Waals surface area contributed by atoms with Crippen LogP contribution in [0.3, 0.4) is 0 Å². The third-order valence-corrected chi connectivity index (χ3v) is 4.31. The molecule has 0 atom stereocenters. The molecule has 0 saturated carbocycles. The molecule has 2 rings (SSSR count). The van der Waals surface area contributed by atoms with E-state index in [1.807, 2.05) is 48.0 Å².